The maximum atomic E-state index is 13.3. The fourth-order valence-corrected chi connectivity index (χ4v) is 3.39. The highest BCUT2D eigenvalue weighted by Crippen LogP contribution is 2.33. The molecule has 0 aliphatic heterocycles. The van der Waals surface area contributed by atoms with Crippen molar-refractivity contribution in [1.82, 2.24) is 5.32 Å². The summed E-state index contributed by atoms with van der Waals surface area (Å²) >= 11 is 0. The zero-order valence-electron chi connectivity index (χ0n) is 27.8. The minimum atomic E-state index is -1.25. The molecule has 1 amide bonds. The summed E-state index contributed by atoms with van der Waals surface area (Å²) in [5.74, 6) is -2.53. The Hall–Kier alpha value is -4.41. The van der Waals surface area contributed by atoms with Crippen molar-refractivity contribution in [3.63, 3.8) is 0 Å². The van der Waals surface area contributed by atoms with Gasteiger partial charge in [0.25, 0.3) is 0 Å². The van der Waals surface area contributed by atoms with Crippen molar-refractivity contribution in [1.29, 1.82) is 0 Å². The topological polar surface area (TPSA) is 144 Å². The SMILES string of the molecule is C[C@H](COC(=O)c1ccccc1)OC(=O)[C@H](Cc1ccc(OC(=O)C(C)(C)C)c(OC(=O)C(C)(C)C)c1)NC(=O)OC(C)(C)C. The summed E-state index contributed by atoms with van der Waals surface area (Å²) in [7, 11) is 0. The fraction of sp³-hybridized carbons (Fsp3) is 0.500. The van der Waals surface area contributed by atoms with Gasteiger partial charge >= 0.3 is 30.0 Å². The number of nitrogens with one attached hydrogen (secondary N) is 1. The van der Waals surface area contributed by atoms with Crippen LogP contribution in [0.15, 0.2) is 48.5 Å². The fourth-order valence-electron chi connectivity index (χ4n) is 3.39. The van der Waals surface area contributed by atoms with Gasteiger partial charge in [0, 0.05) is 6.42 Å². The molecule has 0 radical (unpaired) electrons. The Bertz CT molecular complexity index is 1360. The van der Waals surface area contributed by atoms with E-state index in [1.165, 1.54) is 12.1 Å². The number of hydrogen-bond donors (Lipinski definition) is 1. The third kappa shape index (κ3) is 12.6. The van der Waals surface area contributed by atoms with Gasteiger partial charge in [0.05, 0.1) is 16.4 Å². The Morgan fingerprint density at radius 1 is 0.756 bits per heavy atom. The van der Waals surface area contributed by atoms with Crippen LogP contribution < -0.4 is 14.8 Å². The Balaban J connectivity index is 2.31. The van der Waals surface area contributed by atoms with E-state index in [1.807, 2.05) is 0 Å². The van der Waals surface area contributed by atoms with Gasteiger partial charge in [-0.3, -0.25) is 9.59 Å². The molecule has 0 fully saturated rings. The van der Waals surface area contributed by atoms with Crippen molar-refractivity contribution in [2.45, 2.75) is 93.4 Å². The van der Waals surface area contributed by atoms with Crippen LogP contribution in [0.5, 0.6) is 11.5 Å². The van der Waals surface area contributed by atoms with Crippen molar-refractivity contribution in [2.75, 3.05) is 6.61 Å². The van der Waals surface area contributed by atoms with Gasteiger partial charge in [-0.25, -0.2) is 14.4 Å². The molecule has 2 aromatic rings. The van der Waals surface area contributed by atoms with E-state index >= 15 is 0 Å². The van der Waals surface area contributed by atoms with E-state index in [1.54, 1.807) is 106 Å². The van der Waals surface area contributed by atoms with Crippen LogP contribution in [0.25, 0.3) is 0 Å². The van der Waals surface area contributed by atoms with Gasteiger partial charge in [-0.2, -0.15) is 0 Å². The number of carbonyl (C=O) groups excluding carboxylic acids is 5. The van der Waals surface area contributed by atoms with Crippen LogP contribution in [-0.4, -0.2) is 54.3 Å². The van der Waals surface area contributed by atoms with Gasteiger partial charge < -0.3 is 29.0 Å². The second-order valence-electron chi connectivity index (χ2n) is 13.7. The molecule has 11 nitrogen and oxygen atoms in total. The van der Waals surface area contributed by atoms with E-state index in [-0.39, 0.29) is 24.5 Å². The number of carbonyl (C=O) groups is 5. The summed E-state index contributed by atoms with van der Waals surface area (Å²) in [6.45, 7) is 16.4. The lowest BCUT2D eigenvalue weighted by Crippen LogP contribution is -2.46. The summed E-state index contributed by atoms with van der Waals surface area (Å²) in [5.41, 5.74) is -1.75. The highest BCUT2D eigenvalue weighted by molar-refractivity contribution is 5.89. The summed E-state index contributed by atoms with van der Waals surface area (Å²) in [4.78, 5) is 63.7. The first-order valence-electron chi connectivity index (χ1n) is 14.7. The van der Waals surface area contributed by atoms with E-state index in [4.69, 9.17) is 23.7 Å². The quantitative estimate of drug-likeness (QED) is 0.195. The first-order chi connectivity index (χ1) is 20.7. The largest absolute Gasteiger partial charge is 0.458 e. The smallest absolute Gasteiger partial charge is 0.408 e. The number of amides is 1. The zero-order chi connectivity index (χ0) is 34.2. The lowest BCUT2D eigenvalue weighted by molar-refractivity contribution is -0.152. The van der Waals surface area contributed by atoms with Crippen LogP contribution in [0.3, 0.4) is 0 Å². The van der Waals surface area contributed by atoms with Crippen molar-refractivity contribution in [2.24, 2.45) is 10.8 Å². The Labute approximate surface area is 264 Å². The second kappa shape index (κ2) is 15.0. The van der Waals surface area contributed by atoms with Crippen LogP contribution in [0.2, 0.25) is 0 Å². The number of ether oxygens (including phenoxy) is 5. The Morgan fingerprint density at radius 2 is 1.31 bits per heavy atom. The molecule has 0 aromatic heterocycles. The molecular formula is C34H45NO10. The van der Waals surface area contributed by atoms with Gasteiger partial charge in [0.15, 0.2) is 11.5 Å². The molecule has 2 atom stereocenters. The van der Waals surface area contributed by atoms with Gasteiger partial charge in [0.1, 0.15) is 24.4 Å². The Kier molecular flexibility index (Phi) is 12.3. The van der Waals surface area contributed by atoms with Gasteiger partial charge in [-0.15, -0.1) is 0 Å². The van der Waals surface area contributed by atoms with Crippen molar-refractivity contribution in [3.05, 3.63) is 59.7 Å². The van der Waals surface area contributed by atoms with E-state index in [2.05, 4.69) is 5.32 Å². The van der Waals surface area contributed by atoms with Gasteiger partial charge in [-0.1, -0.05) is 24.3 Å². The second-order valence-corrected chi connectivity index (χ2v) is 13.7. The molecule has 0 saturated heterocycles. The summed E-state index contributed by atoms with van der Waals surface area (Å²) in [6.07, 6.45) is -1.82. The van der Waals surface area contributed by atoms with Gasteiger partial charge in [-0.05, 0) is 99.1 Å². The number of hydrogen-bond acceptors (Lipinski definition) is 10. The third-order valence-corrected chi connectivity index (χ3v) is 5.83. The molecule has 11 heteroatoms. The lowest BCUT2D eigenvalue weighted by Gasteiger charge is -2.24. The number of rotatable bonds is 10. The number of benzene rings is 2. The minimum Gasteiger partial charge on any atom is -0.458 e. The van der Waals surface area contributed by atoms with E-state index in [9.17, 15) is 24.0 Å². The molecule has 246 valence electrons. The molecule has 0 unspecified atom stereocenters. The van der Waals surface area contributed by atoms with Crippen LogP contribution in [0.1, 0.15) is 85.2 Å². The molecule has 0 aliphatic carbocycles. The van der Waals surface area contributed by atoms with E-state index in [0.717, 1.165) is 0 Å². The van der Waals surface area contributed by atoms with Crippen LogP contribution in [0.4, 0.5) is 4.79 Å². The monoisotopic (exact) mass is 627 g/mol. The summed E-state index contributed by atoms with van der Waals surface area (Å²) in [6, 6.07) is 11.6. The molecule has 2 aromatic carbocycles. The Morgan fingerprint density at radius 3 is 1.84 bits per heavy atom. The normalized spacial score (nSPS) is 13.1. The molecule has 0 saturated carbocycles. The van der Waals surface area contributed by atoms with Gasteiger partial charge in [0.2, 0.25) is 0 Å². The summed E-state index contributed by atoms with van der Waals surface area (Å²) in [5, 5.41) is 2.53. The predicted molar refractivity (Wildman–Crippen MR) is 166 cm³/mol. The first-order valence-corrected chi connectivity index (χ1v) is 14.7. The average molecular weight is 628 g/mol. The van der Waals surface area contributed by atoms with Crippen molar-refractivity contribution >= 4 is 30.0 Å². The number of esters is 4. The standard InChI is InChI=1S/C34H45NO10/c1-21(20-41-27(36)23-14-12-11-13-15-23)42-28(37)24(35-31(40)45-34(8,9)10)18-22-16-17-25(43-29(38)32(2,3)4)26(19-22)44-30(39)33(5,6)7/h11-17,19,21,24H,18,20H2,1-10H3,(H,35,40)/t21-,24+/m1/s1. The van der Waals surface area contributed by atoms with Crippen molar-refractivity contribution < 1.29 is 47.7 Å². The summed E-state index contributed by atoms with van der Waals surface area (Å²) < 4.78 is 27.3. The zero-order valence-corrected chi connectivity index (χ0v) is 27.8. The first kappa shape index (κ1) is 36.8. The van der Waals surface area contributed by atoms with Crippen LogP contribution in [0, 0.1) is 10.8 Å². The molecule has 2 rings (SSSR count). The highest BCUT2D eigenvalue weighted by Gasteiger charge is 2.31. The lowest BCUT2D eigenvalue weighted by atomic mass is 9.97. The maximum absolute atomic E-state index is 13.3. The van der Waals surface area contributed by atoms with Crippen molar-refractivity contribution in [3.8, 4) is 11.5 Å². The molecule has 0 aliphatic rings. The average Bonchev–Trinajstić information content (AvgIpc) is 2.91. The third-order valence-electron chi connectivity index (χ3n) is 5.83. The molecule has 0 bridgehead atoms. The molecule has 45 heavy (non-hydrogen) atoms. The maximum Gasteiger partial charge on any atom is 0.408 e. The molecule has 1 N–H and O–H groups in total. The van der Waals surface area contributed by atoms with E-state index < -0.39 is 58.5 Å². The van der Waals surface area contributed by atoms with Crippen LogP contribution >= 0.6 is 0 Å². The highest BCUT2D eigenvalue weighted by atomic mass is 16.6. The minimum absolute atomic E-state index is 0.0179. The molecule has 0 heterocycles. The molecular weight excluding hydrogens is 582 g/mol. The van der Waals surface area contributed by atoms with E-state index in [0.29, 0.717) is 11.1 Å². The van der Waals surface area contributed by atoms with Crippen LogP contribution in [-0.2, 0) is 35.0 Å². The molecule has 0 spiro atoms. The predicted octanol–water partition coefficient (Wildman–Crippen LogP) is 5.81. The number of alkyl carbamates (subject to hydrolysis) is 1.